The highest BCUT2D eigenvalue weighted by atomic mass is 32.2. The maximum atomic E-state index is 12.8. The number of hydrogen-bond donors (Lipinski definition) is 0. The van der Waals surface area contributed by atoms with Crippen LogP contribution in [0.5, 0.6) is 0 Å². The molecule has 2 aliphatic heterocycles. The molecule has 1 fully saturated rings. The molecular formula is C22H23N3O6S2. The van der Waals surface area contributed by atoms with E-state index in [4.69, 9.17) is 0 Å². The maximum Gasteiger partial charge on any atom is 0.268 e. The minimum atomic E-state index is -3.97. The van der Waals surface area contributed by atoms with Gasteiger partial charge in [0.2, 0.25) is 26.0 Å². The predicted octanol–water partition coefficient (Wildman–Crippen LogP) is 1.12. The van der Waals surface area contributed by atoms with Crippen molar-refractivity contribution >= 4 is 37.9 Å². The van der Waals surface area contributed by atoms with Crippen LogP contribution in [0, 0.1) is 0 Å². The number of hydrogen-bond acceptors (Lipinski definition) is 6. The molecule has 11 heteroatoms. The van der Waals surface area contributed by atoms with Crippen molar-refractivity contribution in [1.29, 1.82) is 0 Å². The Bertz CT molecular complexity index is 1300. The molecule has 0 atom stereocenters. The van der Waals surface area contributed by atoms with Crippen LogP contribution in [0.3, 0.4) is 0 Å². The van der Waals surface area contributed by atoms with E-state index in [0.29, 0.717) is 9.87 Å². The van der Waals surface area contributed by atoms with E-state index in [0.717, 1.165) is 11.0 Å². The topological polar surface area (TPSA) is 112 Å². The van der Waals surface area contributed by atoms with Gasteiger partial charge in [0.1, 0.15) is 6.54 Å². The van der Waals surface area contributed by atoms with Gasteiger partial charge in [-0.2, -0.15) is 4.31 Å². The molecule has 33 heavy (non-hydrogen) atoms. The fourth-order valence-corrected chi connectivity index (χ4v) is 6.42. The molecule has 0 aromatic heterocycles. The van der Waals surface area contributed by atoms with Crippen molar-refractivity contribution < 1.29 is 26.4 Å². The summed E-state index contributed by atoms with van der Waals surface area (Å²) >= 11 is 0. The van der Waals surface area contributed by atoms with E-state index in [2.05, 4.69) is 0 Å². The Balaban J connectivity index is 1.39. The number of carbonyl (C=O) groups is 2. The summed E-state index contributed by atoms with van der Waals surface area (Å²) in [6.07, 6.45) is 1.51. The average Bonchev–Trinajstić information content (AvgIpc) is 2.81. The molecule has 2 aromatic rings. The van der Waals surface area contributed by atoms with Gasteiger partial charge >= 0.3 is 0 Å². The average molecular weight is 490 g/mol. The lowest BCUT2D eigenvalue weighted by atomic mass is 10.1. The second-order valence-electron chi connectivity index (χ2n) is 7.76. The zero-order valence-corrected chi connectivity index (χ0v) is 19.3. The van der Waals surface area contributed by atoms with E-state index in [1.54, 1.807) is 30.3 Å². The monoisotopic (exact) mass is 489 g/mol. The number of sulfonamides is 2. The van der Waals surface area contributed by atoms with E-state index in [9.17, 15) is 26.4 Å². The van der Waals surface area contributed by atoms with Crippen LogP contribution in [0.25, 0.3) is 6.08 Å². The van der Waals surface area contributed by atoms with Gasteiger partial charge in [-0.05, 0) is 23.3 Å². The zero-order chi connectivity index (χ0) is 23.6. The summed E-state index contributed by atoms with van der Waals surface area (Å²) in [5, 5.41) is 1.14. The summed E-state index contributed by atoms with van der Waals surface area (Å²) < 4.78 is 52.3. The SMILES string of the molecule is O=C(CN1C(=O)c2ccccc2CS1(=O)=O)N1CCN(S(=O)(=O)/C=C/c2ccccc2)CC1. The molecule has 2 amide bonds. The number of nitrogens with zero attached hydrogens (tertiary/aromatic N) is 3. The first kappa shape index (κ1) is 23.1. The van der Waals surface area contributed by atoms with Crippen LogP contribution in [0.2, 0.25) is 0 Å². The van der Waals surface area contributed by atoms with Crippen molar-refractivity contribution in [3.8, 4) is 0 Å². The van der Waals surface area contributed by atoms with E-state index in [1.807, 2.05) is 18.2 Å². The van der Waals surface area contributed by atoms with Gasteiger partial charge in [-0.1, -0.05) is 48.5 Å². The third-order valence-electron chi connectivity index (χ3n) is 5.61. The van der Waals surface area contributed by atoms with Crippen molar-refractivity contribution in [2.75, 3.05) is 32.7 Å². The minimum absolute atomic E-state index is 0.0801. The van der Waals surface area contributed by atoms with Crippen LogP contribution in [0.4, 0.5) is 0 Å². The molecule has 0 aliphatic carbocycles. The Hall–Kier alpha value is -3.02. The second-order valence-corrected chi connectivity index (χ2v) is 11.5. The molecule has 1 saturated heterocycles. The van der Waals surface area contributed by atoms with E-state index < -0.39 is 38.4 Å². The van der Waals surface area contributed by atoms with Crippen LogP contribution >= 0.6 is 0 Å². The molecule has 0 N–H and O–H groups in total. The predicted molar refractivity (Wildman–Crippen MR) is 123 cm³/mol. The molecule has 0 spiro atoms. The van der Waals surface area contributed by atoms with Gasteiger partial charge in [0.05, 0.1) is 5.75 Å². The van der Waals surface area contributed by atoms with Crippen LogP contribution in [0.1, 0.15) is 21.5 Å². The molecule has 0 unspecified atom stereocenters. The maximum absolute atomic E-state index is 12.8. The molecule has 174 valence electrons. The largest absolute Gasteiger partial charge is 0.338 e. The number of amides is 2. The Morgan fingerprint density at radius 3 is 2.27 bits per heavy atom. The van der Waals surface area contributed by atoms with Gasteiger partial charge in [-0.15, -0.1) is 0 Å². The van der Waals surface area contributed by atoms with Gasteiger partial charge in [0, 0.05) is 37.2 Å². The number of rotatable bonds is 5. The molecule has 0 bridgehead atoms. The van der Waals surface area contributed by atoms with E-state index in [-0.39, 0.29) is 37.5 Å². The Labute approximate surface area is 193 Å². The first-order chi connectivity index (χ1) is 15.7. The molecule has 0 saturated carbocycles. The lowest BCUT2D eigenvalue weighted by Gasteiger charge is -2.35. The highest BCUT2D eigenvalue weighted by molar-refractivity contribution is 7.92. The lowest BCUT2D eigenvalue weighted by Crippen LogP contribution is -2.54. The summed E-state index contributed by atoms with van der Waals surface area (Å²) in [6, 6.07) is 15.4. The van der Waals surface area contributed by atoms with Gasteiger partial charge in [-0.3, -0.25) is 9.59 Å². The van der Waals surface area contributed by atoms with Gasteiger partial charge in [-0.25, -0.2) is 21.1 Å². The van der Waals surface area contributed by atoms with E-state index >= 15 is 0 Å². The van der Waals surface area contributed by atoms with Crippen molar-refractivity contribution in [3.63, 3.8) is 0 Å². The Morgan fingerprint density at radius 2 is 1.58 bits per heavy atom. The van der Waals surface area contributed by atoms with Crippen molar-refractivity contribution in [1.82, 2.24) is 13.5 Å². The molecule has 2 heterocycles. The van der Waals surface area contributed by atoms with Gasteiger partial charge < -0.3 is 4.90 Å². The normalized spacial score (nSPS) is 19.0. The molecule has 2 aliphatic rings. The van der Waals surface area contributed by atoms with Gasteiger partial charge in [0.25, 0.3) is 5.91 Å². The highest BCUT2D eigenvalue weighted by Gasteiger charge is 2.38. The quantitative estimate of drug-likeness (QED) is 0.622. The summed E-state index contributed by atoms with van der Waals surface area (Å²) in [6.45, 7) is -0.227. The molecular weight excluding hydrogens is 466 g/mol. The zero-order valence-electron chi connectivity index (χ0n) is 17.7. The fraction of sp³-hybridized carbons (Fsp3) is 0.273. The highest BCUT2D eigenvalue weighted by Crippen LogP contribution is 2.24. The first-order valence-electron chi connectivity index (χ1n) is 10.3. The van der Waals surface area contributed by atoms with Crippen LogP contribution < -0.4 is 0 Å². The number of benzene rings is 2. The molecule has 0 radical (unpaired) electrons. The van der Waals surface area contributed by atoms with Crippen LogP contribution in [-0.2, 0) is 30.6 Å². The van der Waals surface area contributed by atoms with Crippen LogP contribution in [-0.4, -0.2) is 74.9 Å². The Morgan fingerprint density at radius 1 is 0.939 bits per heavy atom. The minimum Gasteiger partial charge on any atom is -0.338 e. The molecule has 9 nitrogen and oxygen atoms in total. The number of fused-ring (bicyclic) bond motifs is 1. The molecule has 2 aromatic carbocycles. The van der Waals surface area contributed by atoms with Gasteiger partial charge in [0.15, 0.2) is 0 Å². The Kier molecular flexibility index (Phi) is 6.37. The number of piperazine rings is 1. The smallest absolute Gasteiger partial charge is 0.268 e. The molecule has 4 rings (SSSR count). The van der Waals surface area contributed by atoms with Crippen molar-refractivity contribution in [3.05, 3.63) is 76.7 Å². The summed E-state index contributed by atoms with van der Waals surface area (Å²) in [5.74, 6) is -1.61. The fourth-order valence-electron chi connectivity index (χ4n) is 3.79. The number of carbonyl (C=O) groups excluding carboxylic acids is 2. The summed E-state index contributed by atoms with van der Waals surface area (Å²) in [4.78, 5) is 26.9. The summed E-state index contributed by atoms with van der Waals surface area (Å²) in [7, 11) is -7.63. The van der Waals surface area contributed by atoms with Crippen molar-refractivity contribution in [2.24, 2.45) is 0 Å². The second kappa shape index (κ2) is 9.08. The van der Waals surface area contributed by atoms with Crippen LogP contribution in [0.15, 0.2) is 60.0 Å². The third kappa shape index (κ3) is 5.00. The lowest BCUT2D eigenvalue weighted by molar-refractivity contribution is -0.132. The first-order valence-corrected chi connectivity index (χ1v) is 13.4. The summed E-state index contributed by atoms with van der Waals surface area (Å²) in [5.41, 5.74) is 1.43. The third-order valence-corrected chi connectivity index (χ3v) is 8.82. The standard InChI is InChI=1S/C22H23N3O6S2/c26-21(16-25-22(27)20-9-5-4-8-19(20)17-33(25,30)31)23-11-13-24(14-12-23)32(28,29)15-10-18-6-2-1-3-7-18/h1-10,15H,11-14,16-17H2/b15-10+. The van der Waals surface area contributed by atoms with Crippen molar-refractivity contribution in [2.45, 2.75) is 5.75 Å². The van der Waals surface area contributed by atoms with E-state index in [1.165, 1.54) is 21.3 Å².